The SMILES string of the molecule is CCC(C)C(C(CC(=O)N1CCC[C@H]1C(OC)C(C)C(=O)NC(C(=O)N1CCCCO1)C(C)c1ccccc1)OC)N(C)C(=O)C(NC(=O)C(C(C)C)N(C)CCOCCOCCOCCC(=O)O)C(C)C. The lowest BCUT2D eigenvalue weighted by Crippen LogP contribution is -2.60. The van der Waals surface area contributed by atoms with Gasteiger partial charge in [0.2, 0.25) is 23.6 Å². The third kappa shape index (κ3) is 18.6. The van der Waals surface area contributed by atoms with E-state index in [0.717, 1.165) is 18.4 Å². The summed E-state index contributed by atoms with van der Waals surface area (Å²) in [5, 5.41) is 16.2. The van der Waals surface area contributed by atoms with E-state index in [9.17, 15) is 28.8 Å². The van der Waals surface area contributed by atoms with Gasteiger partial charge in [0.1, 0.15) is 12.1 Å². The third-order valence-corrected chi connectivity index (χ3v) is 14.3. The summed E-state index contributed by atoms with van der Waals surface area (Å²) in [6.07, 6.45) is 2.18. The Kier molecular flexibility index (Phi) is 27.7. The second-order valence-electron chi connectivity index (χ2n) is 20.1. The van der Waals surface area contributed by atoms with Gasteiger partial charge >= 0.3 is 5.97 Å². The molecule has 1 aromatic rings. The number of likely N-dealkylation sites (N-methyl/N-ethyl adjacent to an activating group) is 2. The standard InChI is InChI=1S/C53H90N6O13/c1-13-37(6)48(57(10)52(65)45(35(2)3)54-51(64)47(36(4)5)56(9)26-29-70-31-33-71-32-30-69-28-23-44(61)62)42(67-11)34-43(60)58-24-19-22-41(58)49(68-12)39(8)50(63)55-46(38(7)40-20-15-14-16-21-40)53(66)59-25-17-18-27-72-59/h14-16,20-21,35-39,41-42,45-49H,13,17-19,22-34H2,1-12H3,(H,54,64)(H,55,63)(H,61,62)/t37?,38?,39?,41-,42?,45?,46?,47?,48?,49?/m0/s1. The van der Waals surface area contributed by atoms with Crippen molar-refractivity contribution in [2.24, 2.45) is 23.7 Å². The molecule has 9 unspecified atom stereocenters. The summed E-state index contributed by atoms with van der Waals surface area (Å²) in [6.45, 7) is 19.0. The number of nitrogens with zero attached hydrogens (tertiary/aromatic N) is 4. The Labute approximate surface area is 429 Å². The van der Waals surface area contributed by atoms with Gasteiger partial charge < -0.3 is 49.2 Å². The van der Waals surface area contributed by atoms with Crippen LogP contribution in [0.1, 0.15) is 112 Å². The van der Waals surface area contributed by atoms with E-state index in [4.69, 9.17) is 33.6 Å². The lowest BCUT2D eigenvalue weighted by molar-refractivity contribution is -0.200. The molecule has 0 bridgehead atoms. The lowest BCUT2D eigenvalue weighted by atomic mass is 9.89. The van der Waals surface area contributed by atoms with Crippen molar-refractivity contribution >= 4 is 35.5 Å². The molecule has 0 spiro atoms. The molecule has 3 rings (SSSR count). The Morgan fingerprint density at radius 3 is 1.96 bits per heavy atom. The van der Waals surface area contributed by atoms with Gasteiger partial charge in [-0.05, 0) is 56.0 Å². The summed E-state index contributed by atoms with van der Waals surface area (Å²) >= 11 is 0. The normalized spacial score (nSPS) is 19.0. The van der Waals surface area contributed by atoms with Crippen molar-refractivity contribution in [2.45, 2.75) is 149 Å². The molecule has 72 heavy (non-hydrogen) atoms. The van der Waals surface area contributed by atoms with Gasteiger partial charge in [-0.15, -0.1) is 0 Å². The van der Waals surface area contributed by atoms with E-state index in [1.807, 2.05) is 90.7 Å². The number of benzene rings is 1. The van der Waals surface area contributed by atoms with Crippen molar-refractivity contribution in [3.05, 3.63) is 35.9 Å². The van der Waals surface area contributed by atoms with E-state index in [2.05, 4.69) is 10.6 Å². The number of rotatable bonds is 33. The Hall–Kier alpha value is -4.24. The highest BCUT2D eigenvalue weighted by atomic mass is 16.7. The van der Waals surface area contributed by atoms with Crippen molar-refractivity contribution in [1.29, 1.82) is 0 Å². The number of aliphatic carboxylic acids is 1. The predicted octanol–water partition coefficient (Wildman–Crippen LogP) is 4.37. The Balaban J connectivity index is 1.70. The minimum atomic E-state index is -0.914. The summed E-state index contributed by atoms with van der Waals surface area (Å²) in [7, 11) is 6.65. The number of carbonyl (C=O) groups is 6. The average molecular weight is 1020 g/mol. The second kappa shape index (κ2) is 32.2. The number of carboxylic acids is 1. The molecule has 0 aliphatic carbocycles. The molecule has 10 atom stereocenters. The predicted molar refractivity (Wildman–Crippen MR) is 273 cm³/mol. The monoisotopic (exact) mass is 1020 g/mol. The molecule has 1 aromatic carbocycles. The number of likely N-dealkylation sites (tertiary alicyclic amines) is 1. The van der Waals surface area contributed by atoms with Crippen molar-refractivity contribution in [1.82, 2.24) is 30.4 Å². The molecule has 2 saturated heterocycles. The number of amides is 5. The number of hydrogen-bond acceptors (Lipinski definition) is 13. The van der Waals surface area contributed by atoms with E-state index in [1.165, 1.54) is 5.06 Å². The van der Waals surface area contributed by atoms with Crippen LogP contribution in [0.4, 0.5) is 0 Å². The van der Waals surface area contributed by atoms with E-state index in [-0.39, 0.29) is 72.7 Å². The van der Waals surface area contributed by atoms with Gasteiger partial charge in [-0.3, -0.25) is 38.5 Å². The third-order valence-electron chi connectivity index (χ3n) is 14.3. The first-order chi connectivity index (χ1) is 34.3. The number of methoxy groups -OCH3 is 2. The van der Waals surface area contributed by atoms with Crippen molar-refractivity contribution < 1.29 is 62.4 Å². The summed E-state index contributed by atoms with van der Waals surface area (Å²) in [4.78, 5) is 93.2. The zero-order valence-electron chi connectivity index (χ0n) is 45.5. The average Bonchev–Trinajstić information content (AvgIpc) is 3.85. The number of hydrogen-bond donors (Lipinski definition) is 3. The van der Waals surface area contributed by atoms with Crippen LogP contribution in [-0.2, 0) is 57.3 Å². The van der Waals surface area contributed by atoms with Crippen LogP contribution in [0.5, 0.6) is 0 Å². The first kappa shape index (κ1) is 62.1. The minimum absolute atomic E-state index is 0.0340. The maximum absolute atomic E-state index is 14.7. The van der Waals surface area contributed by atoms with E-state index >= 15 is 0 Å². The van der Waals surface area contributed by atoms with Crippen LogP contribution in [0.2, 0.25) is 0 Å². The Morgan fingerprint density at radius 1 is 0.778 bits per heavy atom. The Morgan fingerprint density at radius 2 is 1.40 bits per heavy atom. The van der Waals surface area contributed by atoms with Gasteiger partial charge in [0.15, 0.2) is 0 Å². The number of carboxylic acid groups (broad SMARTS) is 1. The van der Waals surface area contributed by atoms with Gasteiger partial charge in [0.25, 0.3) is 5.91 Å². The molecule has 5 amide bonds. The molecule has 0 radical (unpaired) electrons. The highest BCUT2D eigenvalue weighted by Crippen LogP contribution is 2.31. The highest BCUT2D eigenvalue weighted by molar-refractivity contribution is 5.91. The van der Waals surface area contributed by atoms with Crippen LogP contribution in [0.25, 0.3) is 0 Å². The van der Waals surface area contributed by atoms with Gasteiger partial charge in [-0.2, -0.15) is 0 Å². The zero-order valence-corrected chi connectivity index (χ0v) is 45.5. The molecular formula is C53H90N6O13. The van der Waals surface area contributed by atoms with Gasteiger partial charge in [-0.1, -0.05) is 92.1 Å². The van der Waals surface area contributed by atoms with Crippen LogP contribution in [-0.4, -0.2) is 197 Å². The summed E-state index contributed by atoms with van der Waals surface area (Å²) in [5.41, 5.74) is 0.899. The van der Waals surface area contributed by atoms with Crippen molar-refractivity contribution in [2.75, 3.05) is 94.2 Å². The largest absolute Gasteiger partial charge is 0.481 e. The zero-order chi connectivity index (χ0) is 53.5. The number of nitrogens with one attached hydrogen (secondary N) is 2. The smallest absolute Gasteiger partial charge is 0.305 e. The topological polar surface area (TPSA) is 215 Å². The van der Waals surface area contributed by atoms with E-state index < -0.39 is 54.3 Å². The summed E-state index contributed by atoms with van der Waals surface area (Å²) < 4.78 is 28.7. The maximum atomic E-state index is 14.7. The van der Waals surface area contributed by atoms with E-state index in [0.29, 0.717) is 78.5 Å². The molecule has 410 valence electrons. The molecule has 19 nitrogen and oxygen atoms in total. The van der Waals surface area contributed by atoms with E-state index in [1.54, 1.807) is 38.0 Å². The number of ether oxygens (including phenoxy) is 5. The van der Waals surface area contributed by atoms with Gasteiger partial charge in [0.05, 0.1) is 95.3 Å². The van der Waals surface area contributed by atoms with Gasteiger partial charge in [0, 0.05) is 46.8 Å². The fraction of sp³-hybridized carbons (Fsp3) is 0.774. The number of hydroxylamine groups is 2. The quantitative estimate of drug-likeness (QED) is 0.0835. The molecule has 2 aliphatic heterocycles. The highest BCUT2D eigenvalue weighted by Gasteiger charge is 2.44. The molecule has 3 N–H and O–H groups in total. The van der Waals surface area contributed by atoms with Crippen LogP contribution in [0.3, 0.4) is 0 Å². The summed E-state index contributed by atoms with van der Waals surface area (Å²) in [6, 6.07) is 6.29. The molecule has 19 heteroatoms. The summed E-state index contributed by atoms with van der Waals surface area (Å²) in [5.74, 6) is -3.90. The fourth-order valence-corrected chi connectivity index (χ4v) is 9.90. The molecule has 2 heterocycles. The van der Waals surface area contributed by atoms with Gasteiger partial charge in [-0.25, -0.2) is 5.06 Å². The molecule has 0 aromatic heterocycles. The maximum Gasteiger partial charge on any atom is 0.305 e. The van der Waals surface area contributed by atoms with Crippen LogP contribution in [0, 0.1) is 23.7 Å². The molecule has 2 aliphatic rings. The fourth-order valence-electron chi connectivity index (χ4n) is 9.90. The minimum Gasteiger partial charge on any atom is -0.481 e. The van der Waals surface area contributed by atoms with Crippen LogP contribution in [0.15, 0.2) is 30.3 Å². The molecular weight excluding hydrogens is 929 g/mol. The molecule has 0 saturated carbocycles. The lowest BCUT2D eigenvalue weighted by Gasteiger charge is -2.41. The molecule has 2 fully saturated rings. The Bertz CT molecular complexity index is 1800. The van der Waals surface area contributed by atoms with Crippen LogP contribution >= 0.6 is 0 Å². The van der Waals surface area contributed by atoms with Crippen LogP contribution < -0.4 is 10.6 Å². The van der Waals surface area contributed by atoms with Crippen molar-refractivity contribution in [3.63, 3.8) is 0 Å². The first-order valence-electron chi connectivity index (χ1n) is 26.2. The first-order valence-corrected chi connectivity index (χ1v) is 26.2. The number of carbonyl (C=O) groups excluding carboxylic acids is 5. The second-order valence-corrected chi connectivity index (χ2v) is 20.1. The van der Waals surface area contributed by atoms with Crippen molar-refractivity contribution in [3.8, 4) is 0 Å².